The largest absolute Gasteiger partial charge is 0.337 e. The molecule has 0 aliphatic carbocycles. The lowest BCUT2D eigenvalue weighted by Gasteiger charge is -2.14. The molecule has 3 aromatic rings. The lowest BCUT2D eigenvalue weighted by Crippen LogP contribution is -2.29. The van der Waals surface area contributed by atoms with E-state index in [4.69, 9.17) is 0 Å². The monoisotopic (exact) mass is 354 g/mol. The molecule has 8 heteroatoms. The molecule has 1 saturated heterocycles. The van der Waals surface area contributed by atoms with Gasteiger partial charge in [0.15, 0.2) is 5.69 Å². The van der Waals surface area contributed by atoms with Crippen molar-refractivity contribution in [1.29, 1.82) is 0 Å². The average Bonchev–Trinajstić information content (AvgIpc) is 3.37. The fourth-order valence-electron chi connectivity index (χ4n) is 3.32. The molecule has 1 amide bonds. The first-order valence-corrected chi connectivity index (χ1v) is 8.53. The van der Waals surface area contributed by atoms with Crippen LogP contribution in [0.1, 0.15) is 22.5 Å². The number of rotatable bonds is 4. The molecule has 1 unspecified atom stereocenters. The van der Waals surface area contributed by atoms with E-state index in [1.54, 1.807) is 16.8 Å². The number of aromatic nitrogens is 5. The molecule has 0 spiro atoms. The Kier molecular flexibility index (Phi) is 4.24. The van der Waals surface area contributed by atoms with Gasteiger partial charge in [0.2, 0.25) is 0 Å². The summed E-state index contributed by atoms with van der Waals surface area (Å²) in [5.41, 5.74) is 2.10. The summed E-state index contributed by atoms with van der Waals surface area (Å²) in [6.07, 6.45) is 7.23. The Morgan fingerprint density at radius 3 is 2.77 bits per heavy atom. The molecule has 0 N–H and O–H groups in total. The summed E-state index contributed by atoms with van der Waals surface area (Å²) in [6, 6.07) is 5.82. The number of carbonyl (C=O) groups is 1. The zero-order valence-corrected chi connectivity index (χ0v) is 14.4. The SMILES string of the molecule is Cn1cc(CC2CCN(C(=O)c3cnn(-c4ccc(F)cc4)n3)C2)cn1. The number of carbonyl (C=O) groups excluding carboxylic acids is 1. The third-order valence-electron chi connectivity index (χ3n) is 4.62. The van der Waals surface area contributed by atoms with Crippen LogP contribution in [0.5, 0.6) is 0 Å². The Bertz CT molecular complexity index is 916. The minimum absolute atomic E-state index is 0.118. The summed E-state index contributed by atoms with van der Waals surface area (Å²) in [5.74, 6) is -0.0173. The Hall–Kier alpha value is -3.03. The predicted molar refractivity (Wildman–Crippen MR) is 92.2 cm³/mol. The van der Waals surface area contributed by atoms with E-state index in [0.717, 1.165) is 12.8 Å². The third-order valence-corrected chi connectivity index (χ3v) is 4.62. The minimum Gasteiger partial charge on any atom is -0.337 e. The Morgan fingerprint density at radius 1 is 1.23 bits per heavy atom. The van der Waals surface area contributed by atoms with Crippen LogP contribution in [0.15, 0.2) is 42.9 Å². The first-order chi connectivity index (χ1) is 12.6. The lowest BCUT2D eigenvalue weighted by molar-refractivity contribution is 0.0781. The van der Waals surface area contributed by atoms with Crippen LogP contribution >= 0.6 is 0 Å². The maximum Gasteiger partial charge on any atom is 0.276 e. The maximum atomic E-state index is 13.0. The molecule has 1 atom stereocenters. The molecule has 0 bridgehead atoms. The molecule has 1 aromatic carbocycles. The van der Waals surface area contributed by atoms with Gasteiger partial charge in [-0.2, -0.15) is 15.0 Å². The molecule has 1 fully saturated rings. The van der Waals surface area contributed by atoms with Gasteiger partial charge in [0.25, 0.3) is 5.91 Å². The fraction of sp³-hybridized carbons (Fsp3) is 0.333. The van der Waals surface area contributed by atoms with Crippen molar-refractivity contribution < 1.29 is 9.18 Å². The number of nitrogens with zero attached hydrogens (tertiary/aromatic N) is 6. The van der Waals surface area contributed by atoms with Gasteiger partial charge in [0.1, 0.15) is 5.82 Å². The van der Waals surface area contributed by atoms with E-state index in [-0.39, 0.29) is 11.7 Å². The quantitative estimate of drug-likeness (QED) is 0.717. The van der Waals surface area contributed by atoms with Gasteiger partial charge >= 0.3 is 0 Å². The van der Waals surface area contributed by atoms with Crippen molar-refractivity contribution in [3.63, 3.8) is 0 Å². The van der Waals surface area contributed by atoms with Crippen LogP contribution in [-0.4, -0.2) is 48.7 Å². The first kappa shape index (κ1) is 16.4. The smallest absolute Gasteiger partial charge is 0.276 e. The van der Waals surface area contributed by atoms with Crippen LogP contribution in [0.2, 0.25) is 0 Å². The number of hydrogen-bond acceptors (Lipinski definition) is 4. The molecular formula is C18H19FN6O. The molecule has 0 saturated carbocycles. The van der Waals surface area contributed by atoms with E-state index < -0.39 is 0 Å². The third kappa shape index (κ3) is 3.35. The molecule has 134 valence electrons. The van der Waals surface area contributed by atoms with Crippen molar-refractivity contribution in [2.75, 3.05) is 13.1 Å². The van der Waals surface area contributed by atoms with Gasteiger partial charge in [-0.3, -0.25) is 9.48 Å². The molecule has 1 aliphatic heterocycles. The normalized spacial score (nSPS) is 17.0. The molecule has 3 heterocycles. The van der Waals surface area contributed by atoms with Crippen molar-refractivity contribution in [1.82, 2.24) is 29.7 Å². The fourth-order valence-corrected chi connectivity index (χ4v) is 3.32. The number of halogens is 1. The van der Waals surface area contributed by atoms with Gasteiger partial charge in [-0.05, 0) is 48.6 Å². The second-order valence-electron chi connectivity index (χ2n) is 6.63. The number of amides is 1. The number of hydrogen-bond donors (Lipinski definition) is 0. The van der Waals surface area contributed by atoms with Crippen molar-refractivity contribution in [2.45, 2.75) is 12.8 Å². The zero-order valence-electron chi connectivity index (χ0n) is 14.4. The highest BCUT2D eigenvalue weighted by Gasteiger charge is 2.28. The highest BCUT2D eigenvalue weighted by molar-refractivity contribution is 5.92. The van der Waals surface area contributed by atoms with Crippen LogP contribution in [0.25, 0.3) is 5.69 Å². The van der Waals surface area contributed by atoms with Crippen LogP contribution in [-0.2, 0) is 13.5 Å². The van der Waals surface area contributed by atoms with Crippen LogP contribution < -0.4 is 0 Å². The van der Waals surface area contributed by atoms with E-state index in [2.05, 4.69) is 15.3 Å². The highest BCUT2D eigenvalue weighted by atomic mass is 19.1. The van der Waals surface area contributed by atoms with Crippen LogP contribution in [0.4, 0.5) is 4.39 Å². The number of likely N-dealkylation sites (tertiary alicyclic amines) is 1. The highest BCUT2D eigenvalue weighted by Crippen LogP contribution is 2.22. The molecule has 7 nitrogen and oxygen atoms in total. The summed E-state index contributed by atoms with van der Waals surface area (Å²) in [4.78, 5) is 15.8. The van der Waals surface area contributed by atoms with Gasteiger partial charge < -0.3 is 4.90 Å². The van der Waals surface area contributed by atoms with Crippen LogP contribution in [0.3, 0.4) is 0 Å². The minimum atomic E-state index is -0.325. The van der Waals surface area contributed by atoms with Gasteiger partial charge in [-0.25, -0.2) is 4.39 Å². The zero-order chi connectivity index (χ0) is 18.1. The Balaban J connectivity index is 1.41. The molecule has 0 radical (unpaired) electrons. The molecular weight excluding hydrogens is 335 g/mol. The summed E-state index contributed by atoms with van der Waals surface area (Å²) in [5, 5.41) is 12.6. The van der Waals surface area contributed by atoms with E-state index in [1.165, 1.54) is 28.7 Å². The van der Waals surface area contributed by atoms with Gasteiger partial charge in [0.05, 0.1) is 18.1 Å². The first-order valence-electron chi connectivity index (χ1n) is 8.53. The van der Waals surface area contributed by atoms with Crippen LogP contribution in [0, 0.1) is 11.7 Å². The van der Waals surface area contributed by atoms with E-state index in [9.17, 15) is 9.18 Å². The van der Waals surface area contributed by atoms with E-state index in [1.807, 2.05) is 24.3 Å². The molecule has 2 aromatic heterocycles. The summed E-state index contributed by atoms with van der Waals surface area (Å²) < 4.78 is 14.8. The Morgan fingerprint density at radius 2 is 2.04 bits per heavy atom. The molecule has 4 rings (SSSR count). The predicted octanol–water partition coefficient (Wildman–Crippen LogP) is 1.84. The number of aryl methyl sites for hydroxylation is 1. The molecule has 26 heavy (non-hydrogen) atoms. The second kappa shape index (κ2) is 6.70. The van der Waals surface area contributed by atoms with E-state index in [0.29, 0.717) is 30.4 Å². The average molecular weight is 354 g/mol. The summed E-state index contributed by atoms with van der Waals surface area (Å²) in [6.45, 7) is 1.42. The van der Waals surface area contributed by atoms with Crippen molar-refractivity contribution >= 4 is 5.91 Å². The Labute approximate surface area is 150 Å². The maximum absolute atomic E-state index is 13.0. The number of benzene rings is 1. The van der Waals surface area contributed by atoms with Gasteiger partial charge in [-0.1, -0.05) is 0 Å². The van der Waals surface area contributed by atoms with E-state index >= 15 is 0 Å². The summed E-state index contributed by atoms with van der Waals surface area (Å²) in [7, 11) is 1.90. The summed E-state index contributed by atoms with van der Waals surface area (Å²) >= 11 is 0. The van der Waals surface area contributed by atoms with Crippen molar-refractivity contribution in [3.05, 3.63) is 59.9 Å². The standard InChI is InChI=1S/C18H19FN6O/c1-23-11-14(9-20-23)8-13-6-7-24(12-13)18(26)17-10-21-25(22-17)16-4-2-15(19)3-5-16/h2-5,9-11,13H,6-8,12H2,1H3. The van der Waals surface area contributed by atoms with Crippen molar-refractivity contribution in [3.8, 4) is 5.69 Å². The lowest BCUT2D eigenvalue weighted by atomic mass is 10.0. The second-order valence-corrected chi connectivity index (χ2v) is 6.63. The topological polar surface area (TPSA) is 68.8 Å². The van der Waals surface area contributed by atoms with Crippen molar-refractivity contribution in [2.24, 2.45) is 13.0 Å². The molecule has 1 aliphatic rings. The van der Waals surface area contributed by atoms with Gasteiger partial charge in [0, 0.05) is 26.3 Å². The van der Waals surface area contributed by atoms with Gasteiger partial charge in [-0.15, -0.1) is 5.10 Å².